The Morgan fingerprint density at radius 3 is 2.45 bits per heavy atom. The lowest BCUT2D eigenvalue weighted by atomic mass is 9.92. The van der Waals surface area contributed by atoms with Gasteiger partial charge in [-0.05, 0) is 31.5 Å². The fourth-order valence-corrected chi connectivity index (χ4v) is 3.18. The molecular weight excluding hydrogens is 258 g/mol. The minimum atomic E-state index is -2.42. The average Bonchev–Trinajstić information content (AvgIpc) is 2.49. The maximum atomic E-state index is 12.8. The Hall–Kier alpha value is -1.00. The second kappa shape index (κ2) is 7.14. The normalized spacial score (nSPS) is 18.7. The van der Waals surface area contributed by atoms with Crippen LogP contribution in [-0.4, -0.2) is 24.5 Å². The van der Waals surface area contributed by atoms with E-state index < -0.39 is 6.43 Å². The van der Waals surface area contributed by atoms with Crippen LogP contribution in [0.15, 0.2) is 24.3 Å². The van der Waals surface area contributed by atoms with Crippen LogP contribution in [0.5, 0.6) is 0 Å². The van der Waals surface area contributed by atoms with Crippen LogP contribution in [0.3, 0.4) is 0 Å². The van der Waals surface area contributed by atoms with Crippen molar-refractivity contribution in [2.24, 2.45) is 5.73 Å². The Bertz CT molecular complexity index is 417. The molecule has 1 saturated carbocycles. The van der Waals surface area contributed by atoms with Crippen LogP contribution < -0.4 is 5.73 Å². The molecule has 1 aliphatic carbocycles. The van der Waals surface area contributed by atoms with Crippen LogP contribution in [-0.2, 0) is 0 Å². The highest BCUT2D eigenvalue weighted by atomic mass is 19.3. The monoisotopic (exact) mass is 282 g/mol. The summed E-state index contributed by atoms with van der Waals surface area (Å²) in [6.45, 7) is 0.458. The summed E-state index contributed by atoms with van der Waals surface area (Å²) in [6, 6.07) is 7.23. The Morgan fingerprint density at radius 2 is 1.85 bits per heavy atom. The number of hydrogen-bond donors (Lipinski definition) is 1. The number of halogens is 2. The third-order valence-corrected chi connectivity index (χ3v) is 4.41. The molecule has 112 valence electrons. The number of nitrogens with zero attached hydrogens (tertiary/aromatic N) is 1. The van der Waals surface area contributed by atoms with Crippen molar-refractivity contribution in [3.05, 3.63) is 35.4 Å². The van der Waals surface area contributed by atoms with E-state index in [2.05, 4.69) is 11.9 Å². The molecule has 1 aromatic rings. The van der Waals surface area contributed by atoms with E-state index in [0.29, 0.717) is 12.6 Å². The molecule has 2 rings (SSSR count). The van der Waals surface area contributed by atoms with Crippen LogP contribution in [0.4, 0.5) is 8.78 Å². The zero-order valence-corrected chi connectivity index (χ0v) is 12.1. The lowest BCUT2D eigenvalue weighted by Gasteiger charge is -2.37. The van der Waals surface area contributed by atoms with Gasteiger partial charge in [-0.1, -0.05) is 37.5 Å². The molecule has 0 aliphatic heterocycles. The van der Waals surface area contributed by atoms with Gasteiger partial charge in [-0.25, -0.2) is 8.78 Å². The summed E-state index contributed by atoms with van der Waals surface area (Å²) in [5, 5.41) is 0. The van der Waals surface area contributed by atoms with Gasteiger partial charge < -0.3 is 5.73 Å². The summed E-state index contributed by atoms with van der Waals surface area (Å²) in [4.78, 5) is 2.28. The molecule has 20 heavy (non-hydrogen) atoms. The van der Waals surface area contributed by atoms with Crippen LogP contribution in [0, 0.1) is 0 Å². The van der Waals surface area contributed by atoms with Gasteiger partial charge in [0.05, 0.1) is 0 Å². The minimum Gasteiger partial charge on any atom is -0.329 e. The molecule has 0 heterocycles. The van der Waals surface area contributed by atoms with Gasteiger partial charge in [0.2, 0.25) is 0 Å². The third kappa shape index (κ3) is 3.55. The first kappa shape index (κ1) is 15.4. The van der Waals surface area contributed by atoms with Gasteiger partial charge in [-0.2, -0.15) is 0 Å². The highest BCUT2D eigenvalue weighted by Gasteiger charge is 2.25. The van der Waals surface area contributed by atoms with Crippen molar-refractivity contribution in [3.63, 3.8) is 0 Å². The second-order valence-electron chi connectivity index (χ2n) is 5.68. The SMILES string of the molecule is CN(C1CCCCC1)C(CN)c1cccc(C(F)F)c1. The van der Waals surface area contributed by atoms with Gasteiger partial charge in [-0.15, -0.1) is 0 Å². The van der Waals surface area contributed by atoms with Gasteiger partial charge in [-0.3, -0.25) is 4.90 Å². The Balaban J connectivity index is 2.15. The summed E-state index contributed by atoms with van der Waals surface area (Å²) in [5.74, 6) is 0. The lowest BCUT2D eigenvalue weighted by molar-refractivity contribution is 0.138. The molecule has 1 atom stereocenters. The first-order valence-electron chi connectivity index (χ1n) is 7.43. The fourth-order valence-electron chi connectivity index (χ4n) is 3.18. The maximum absolute atomic E-state index is 12.8. The summed E-state index contributed by atoms with van der Waals surface area (Å²) in [6.07, 6.45) is 3.75. The zero-order chi connectivity index (χ0) is 14.5. The Kier molecular flexibility index (Phi) is 5.49. The standard InChI is InChI=1S/C16H24F2N2/c1-20(14-8-3-2-4-9-14)15(11-19)12-6-5-7-13(10-12)16(17)18/h5-7,10,14-16H,2-4,8-9,11,19H2,1H3. The molecule has 2 nitrogen and oxygen atoms in total. The van der Waals surface area contributed by atoms with Gasteiger partial charge >= 0.3 is 0 Å². The summed E-state index contributed by atoms with van der Waals surface area (Å²) < 4.78 is 25.7. The lowest BCUT2D eigenvalue weighted by Crippen LogP contribution is -2.39. The predicted molar refractivity (Wildman–Crippen MR) is 77.8 cm³/mol. The van der Waals surface area contributed by atoms with Crippen LogP contribution in [0.1, 0.15) is 55.7 Å². The van der Waals surface area contributed by atoms with E-state index in [9.17, 15) is 8.78 Å². The van der Waals surface area contributed by atoms with Crippen molar-refractivity contribution in [2.75, 3.05) is 13.6 Å². The topological polar surface area (TPSA) is 29.3 Å². The van der Waals surface area contributed by atoms with E-state index in [1.807, 2.05) is 6.07 Å². The largest absolute Gasteiger partial charge is 0.329 e. The molecule has 1 aromatic carbocycles. The average molecular weight is 282 g/mol. The number of nitrogens with two attached hydrogens (primary N) is 1. The maximum Gasteiger partial charge on any atom is 0.263 e. The fraction of sp³-hybridized carbons (Fsp3) is 0.625. The van der Waals surface area contributed by atoms with Gasteiger partial charge in [0.25, 0.3) is 6.43 Å². The molecule has 0 bridgehead atoms. The van der Waals surface area contributed by atoms with Crippen LogP contribution in [0.25, 0.3) is 0 Å². The van der Waals surface area contributed by atoms with Gasteiger partial charge in [0, 0.05) is 24.2 Å². The van der Waals surface area contributed by atoms with Gasteiger partial charge in [0.15, 0.2) is 0 Å². The van der Waals surface area contributed by atoms with E-state index in [-0.39, 0.29) is 11.6 Å². The number of benzene rings is 1. The highest BCUT2D eigenvalue weighted by molar-refractivity contribution is 5.27. The highest BCUT2D eigenvalue weighted by Crippen LogP contribution is 2.30. The van der Waals surface area contributed by atoms with E-state index in [0.717, 1.165) is 5.56 Å². The molecule has 0 aromatic heterocycles. The smallest absolute Gasteiger partial charge is 0.263 e. The van der Waals surface area contributed by atoms with E-state index in [1.165, 1.54) is 38.2 Å². The summed E-state index contributed by atoms with van der Waals surface area (Å²) in [5.41, 5.74) is 6.89. The van der Waals surface area contributed by atoms with Crippen LogP contribution >= 0.6 is 0 Å². The van der Waals surface area contributed by atoms with Gasteiger partial charge in [0.1, 0.15) is 0 Å². The summed E-state index contributed by atoms with van der Waals surface area (Å²) in [7, 11) is 2.07. The molecule has 0 saturated heterocycles. The number of likely N-dealkylation sites (N-methyl/N-ethyl adjacent to an activating group) is 1. The molecule has 1 aliphatic rings. The molecule has 0 amide bonds. The zero-order valence-electron chi connectivity index (χ0n) is 12.1. The molecule has 0 radical (unpaired) electrons. The Labute approximate surface area is 120 Å². The van der Waals surface area contributed by atoms with Crippen molar-refractivity contribution >= 4 is 0 Å². The Morgan fingerprint density at radius 1 is 1.20 bits per heavy atom. The molecule has 2 N–H and O–H groups in total. The first-order valence-corrected chi connectivity index (χ1v) is 7.43. The first-order chi connectivity index (χ1) is 9.63. The van der Waals surface area contributed by atoms with E-state index in [4.69, 9.17) is 5.73 Å². The molecule has 1 fully saturated rings. The van der Waals surface area contributed by atoms with Crippen molar-refractivity contribution in [3.8, 4) is 0 Å². The molecule has 1 unspecified atom stereocenters. The van der Waals surface area contributed by atoms with E-state index >= 15 is 0 Å². The second-order valence-corrected chi connectivity index (χ2v) is 5.68. The molecule has 4 heteroatoms. The van der Waals surface area contributed by atoms with Crippen molar-refractivity contribution in [1.29, 1.82) is 0 Å². The minimum absolute atomic E-state index is 0.0248. The summed E-state index contributed by atoms with van der Waals surface area (Å²) >= 11 is 0. The number of hydrogen-bond acceptors (Lipinski definition) is 2. The molecular formula is C16H24F2N2. The van der Waals surface area contributed by atoms with Crippen molar-refractivity contribution in [1.82, 2.24) is 4.90 Å². The molecule has 0 spiro atoms. The van der Waals surface area contributed by atoms with Crippen LogP contribution in [0.2, 0.25) is 0 Å². The third-order valence-electron chi connectivity index (χ3n) is 4.41. The van der Waals surface area contributed by atoms with E-state index in [1.54, 1.807) is 12.1 Å². The predicted octanol–water partition coefficient (Wildman–Crippen LogP) is 3.89. The number of rotatable bonds is 5. The van der Waals surface area contributed by atoms with Crippen molar-refractivity contribution in [2.45, 2.75) is 50.6 Å². The number of alkyl halides is 2. The van der Waals surface area contributed by atoms with Crippen molar-refractivity contribution < 1.29 is 8.78 Å². The quantitative estimate of drug-likeness (QED) is 0.887.